The van der Waals surface area contributed by atoms with E-state index in [9.17, 15) is 19.7 Å². The minimum absolute atomic E-state index is 0.0771. The van der Waals surface area contributed by atoms with Gasteiger partial charge >= 0.3 is 0 Å². The van der Waals surface area contributed by atoms with Crippen LogP contribution in [0.4, 0.5) is 11.4 Å². The number of non-ortho nitro benzene ring substituents is 1. The smallest absolute Gasteiger partial charge is 0.270 e. The van der Waals surface area contributed by atoms with Crippen molar-refractivity contribution in [3.63, 3.8) is 0 Å². The maximum absolute atomic E-state index is 13.5. The van der Waals surface area contributed by atoms with E-state index in [4.69, 9.17) is 28.6 Å². The fourth-order valence-electron chi connectivity index (χ4n) is 3.93. The van der Waals surface area contributed by atoms with E-state index in [2.05, 4.69) is 10.4 Å². The fraction of sp³-hybridized carbons (Fsp3) is 0.0370. The van der Waals surface area contributed by atoms with Gasteiger partial charge in [-0.3, -0.25) is 34.6 Å². The number of aryl methyl sites for hydroxylation is 1. The first kappa shape index (κ1) is 25.8. The molecule has 1 aliphatic rings. The van der Waals surface area contributed by atoms with E-state index in [1.54, 1.807) is 31.3 Å². The number of rotatable bonds is 6. The van der Waals surface area contributed by atoms with E-state index in [0.717, 1.165) is 0 Å². The average Bonchev–Trinajstić information content (AvgIpc) is 3.21. The Morgan fingerprint density at radius 3 is 2.28 bits per heavy atom. The molecule has 0 unspecified atom stereocenters. The lowest BCUT2D eigenvalue weighted by Crippen LogP contribution is -2.54. The second-order valence-electron chi connectivity index (χ2n) is 8.35. The normalized spacial score (nSPS) is 14.5. The topological polar surface area (TPSA) is 120 Å². The number of nitro benzene ring substituents is 1. The average molecular weight is 560 g/mol. The summed E-state index contributed by atoms with van der Waals surface area (Å²) in [5.41, 5.74) is 1.26. The highest BCUT2D eigenvalue weighted by molar-refractivity contribution is 7.80. The largest absolute Gasteiger partial charge is 0.457 e. The van der Waals surface area contributed by atoms with E-state index in [0.29, 0.717) is 34.0 Å². The van der Waals surface area contributed by atoms with Crippen molar-refractivity contribution in [3.8, 4) is 22.8 Å². The lowest BCUT2D eigenvalue weighted by Gasteiger charge is -2.29. The number of ether oxygens (including phenoxy) is 1. The van der Waals surface area contributed by atoms with Gasteiger partial charge in [0.05, 0.1) is 10.6 Å². The van der Waals surface area contributed by atoms with Gasteiger partial charge < -0.3 is 4.74 Å². The molecule has 1 fully saturated rings. The molecule has 1 N–H and O–H groups in total. The zero-order valence-electron chi connectivity index (χ0n) is 20.2. The van der Waals surface area contributed by atoms with Crippen molar-refractivity contribution >= 4 is 58.2 Å². The van der Waals surface area contributed by atoms with Crippen LogP contribution in [0, 0.1) is 10.1 Å². The molecule has 10 nitrogen and oxygen atoms in total. The molecular formula is C27H18ClN5O5S. The van der Waals surface area contributed by atoms with Crippen LogP contribution in [0.1, 0.15) is 5.56 Å². The van der Waals surface area contributed by atoms with Gasteiger partial charge in [0.2, 0.25) is 0 Å². The van der Waals surface area contributed by atoms with Gasteiger partial charge in [0.25, 0.3) is 17.5 Å². The van der Waals surface area contributed by atoms with Gasteiger partial charge in [-0.25, -0.2) is 0 Å². The number of benzene rings is 3. The summed E-state index contributed by atoms with van der Waals surface area (Å²) in [6.07, 6.45) is 1.34. The number of carbonyl (C=O) groups excluding carboxylic acids is 2. The van der Waals surface area contributed by atoms with Crippen LogP contribution >= 0.6 is 23.8 Å². The van der Waals surface area contributed by atoms with Crippen molar-refractivity contribution in [1.82, 2.24) is 15.1 Å². The molecule has 0 saturated carbocycles. The second kappa shape index (κ2) is 10.5. The Hall–Kier alpha value is -4.87. The summed E-state index contributed by atoms with van der Waals surface area (Å²) >= 11 is 11.8. The highest BCUT2D eigenvalue weighted by Gasteiger charge is 2.35. The van der Waals surface area contributed by atoms with Gasteiger partial charge in [0.15, 0.2) is 5.11 Å². The lowest BCUT2D eigenvalue weighted by molar-refractivity contribution is -0.384. The molecule has 1 aromatic heterocycles. The van der Waals surface area contributed by atoms with E-state index in [-0.39, 0.29) is 21.5 Å². The summed E-state index contributed by atoms with van der Waals surface area (Å²) < 4.78 is 7.18. The maximum Gasteiger partial charge on any atom is 0.270 e. The van der Waals surface area contributed by atoms with Crippen molar-refractivity contribution < 1.29 is 19.2 Å². The summed E-state index contributed by atoms with van der Waals surface area (Å²) in [5.74, 6) is -0.144. The molecule has 0 aliphatic carbocycles. The standard InChI is InChI=1S/C27H18ClN5O5S/c1-31-24(28)21(23(30-31)16-7-9-18(10-8-16)33(36)37)15-22-25(34)29-27(39)32(26(22)35)17-11-13-20(14-12-17)38-19-5-3-2-4-6-19/h2-15H,1H3,(H,29,34,39)/b22-15+. The van der Waals surface area contributed by atoms with Gasteiger partial charge in [0, 0.05) is 30.3 Å². The monoisotopic (exact) mass is 559 g/mol. The Morgan fingerprint density at radius 1 is 1.00 bits per heavy atom. The molecule has 1 saturated heterocycles. The molecule has 194 valence electrons. The fourth-order valence-corrected chi connectivity index (χ4v) is 4.39. The van der Waals surface area contributed by atoms with Gasteiger partial charge in [-0.05, 0) is 66.8 Å². The minimum Gasteiger partial charge on any atom is -0.457 e. The number of aromatic nitrogens is 2. The zero-order valence-corrected chi connectivity index (χ0v) is 21.8. The molecule has 39 heavy (non-hydrogen) atoms. The van der Waals surface area contributed by atoms with Crippen LogP contribution in [0.3, 0.4) is 0 Å². The Balaban J connectivity index is 1.48. The third kappa shape index (κ3) is 5.13. The Kier molecular flexibility index (Phi) is 6.92. The third-order valence-corrected chi connectivity index (χ3v) is 6.56. The molecule has 2 amide bonds. The predicted molar refractivity (Wildman–Crippen MR) is 149 cm³/mol. The number of amides is 2. The maximum atomic E-state index is 13.5. The summed E-state index contributed by atoms with van der Waals surface area (Å²) in [6, 6.07) is 21.6. The van der Waals surface area contributed by atoms with Crippen LogP contribution in [0.5, 0.6) is 11.5 Å². The van der Waals surface area contributed by atoms with E-state index in [1.165, 1.54) is 39.9 Å². The zero-order chi connectivity index (χ0) is 27.7. The van der Waals surface area contributed by atoms with Crippen LogP contribution in [0.15, 0.2) is 84.4 Å². The van der Waals surface area contributed by atoms with Gasteiger partial charge in [-0.1, -0.05) is 29.8 Å². The lowest BCUT2D eigenvalue weighted by atomic mass is 10.0. The number of carbonyl (C=O) groups is 2. The Bertz CT molecular complexity index is 1650. The number of hydrogen-bond donors (Lipinski definition) is 1. The van der Waals surface area contributed by atoms with Crippen molar-refractivity contribution in [2.24, 2.45) is 7.05 Å². The number of halogens is 1. The minimum atomic E-state index is -0.695. The van der Waals surface area contributed by atoms with Crippen molar-refractivity contribution in [2.75, 3.05) is 4.90 Å². The molecule has 4 aromatic rings. The number of nitrogens with one attached hydrogen (secondary N) is 1. The predicted octanol–water partition coefficient (Wildman–Crippen LogP) is 5.27. The third-order valence-electron chi connectivity index (χ3n) is 5.83. The molecule has 0 bridgehead atoms. The molecule has 0 spiro atoms. The van der Waals surface area contributed by atoms with Gasteiger partial charge in [0.1, 0.15) is 27.9 Å². The van der Waals surface area contributed by atoms with Gasteiger partial charge in [-0.15, -0.1) is 0 Å². The van der Waals surface area contributed by atoms with Crippen molar-refractivity contribution in [1.29, 1.82) is 0 Å². The highest BCUT2D eigenvalue weighted by atomic mass is 35.5. The summed E-state index contributed by atoms with van der Waals surface area (Å²) in [6.45, 7) is 0. The SMILES string of the molecule is Cn1nc(-c2ccc([N+](=O)[O-])cc2)c(/C=C2\C(=O)NC(=S)N(c3ccc(Oc4ccccc4)cc3)C2=O)c1Cl. The van der Waals surface area contributed by atoms with E-state index >= 15 is 0 Å². The van der Waals surface area contributed by atoms with Gasteiger partial charge in [-0.2, -0.15) is 5.10 Å². The Morgan fingerprint density at radius 2 is 1.64 bits per heavy atom. The molecule has 0 atom stereocenters. The molecule has 5 rings (SSSR count). The number of nitrogens with zero attached hydrogens (tertiary/aromatic N) is 4. The van der Waals surface area contributed by atoms with Crippen molar-refractivity contribution in [3.05, 3.63) is 105 Å². The molecule has 1 aliphatic heterocycles. The molecule has 0 radical (unpaired) electrons. The molecule has 2 heterocycles. The first-order valence-corrected chi connectivity index (χ1v) is 12.2. The number of hydrogen-bond acceptors (Lipinski definition) is 7. The molecule has 12 heteroatoms. The number of thiocarbonyl (C=S) groups is 1. The molecule has 3 aromatic carbocycles. The number of anilines is 1. The molecular weight excluding hydrogens is 542 g/mol. The van der Waals surface area contributed by atoms with E-state index in [1.807, 2.05) is 30.3 Å². The summed E-state index contributed by atoms with van der Waals surface area (Å²) in [4.78, 5) is 38.1. The van der Waals surface area contributed by atoms with Crippen LogP contribution < -0.4 is 15.0 Å². The quantitative estimate of drug-likeness (QED) is 0.112. The summed E-state index contributed by atoms with van der Waals surface area (Å²) in [7, 11) is 1.60. The first-order chi connectivity index (χ1) is 18.7. The Labute approximate surface area is 232 Å². The van der Waals surface area contributed by atoms with Crippen LogP contribution in [0.25, 0.3) is 17.3 Å². The van der Waals surface area contributed by atoms with Crippen LogP contribution in [0.2, 0.25) is 5.15 Å². The first-order valence-electron chi connectivity index (χ1n) is 11.4. The van der Waals surface area contributed by atoms with Crippen molar-refractivity contribution in [2.45, 2.75) is 0 Å². The highest BCUT2D eigenvalue weighted by Crippen LogP contribution is 2.33. The number of para-hydroxylation sites is 1. The van der Waals surface area contributed by atoms with E-state index < -0.39 is 16.7 Å². The van der Waals surface area contributed by atoms with Crippen LogP contribution in [-0.2, 0) is 16.6 Å². The number of nitro groups is 1. The van der Waals surface area contributed by atoms with Crippen LogP contribution in [-0.4, -0.2) is 31.6 Å². The summed E-state index contributed by atoms with van der Waals surface area (Å²) in [5, 5.41) is 18.0. The second-order valence-corrected chi connectivity index (χ2v) is 9.09.